The molecule has 11 N–H and O–H groups in total. The lowest BCUT2D eigenvalue weighted by Crippen LogP contribution is -2.59. The number of nitrogens with one attached hydrogen (secondary N) is 3. The molecule has 0 aromatic rings. The van der Waals surface area contributed by atoms with E-state index in [1.165, 1.54) is 0 Å². The van der Waals surface area contributed by atoms with E-state index in [4.69, 9.17) is 29.2 Å². The Labute approximate surface area is 211 Å². The molecule has 0 aliphatic carbocycles. The Morgan fingerprint density at radius 1 is 0.622 bits per heavy atom. The van der Waals surface area contributed by atoms with Crippen molar-refractivity contribution in [1.29, 1.82) is 0 Å². The van der Waals surface area contributed by atoms with Gasteiger partial charge in [0.1, 0.15) is 48.8 Å². The first-order valence-electron chi connectivity index (χ1n) is 11.7. The van der Waals surface area contributed by atoms with Crippen molar-refractivity contribution in [3.8, 4) is 0 Å². The number of amides is 2. The summed E-state index contributed by atoms with van der Waals surface area (Å²) in [5.41, 5.74) is 0. The maximum Gasteiger partial charge on any atom is 0.234 e. The molecule has 0 aromatic carbocycles. The molecule has 0 spiro atoms. The lowest BCUT2D eigenvalue weighted by atomic mass is 9.99. The Bertz CT molecular complexity index is 645. The van der Waals surface area contributed by atoms with Crippen LogP contribution in [0.1, 0.15) is 0 Å². The van der Waals surface area contributed by atoms with Crippen LogP contribution in [0.5, 0.6) is 0 Å². The van der Waals surface area contributed by atoms with Crippen molar-refractivity contribution in [3.05, 3.63) is 0 Å². The molecule has 2 heterocycles. The van der Waals surface area contributed by atoms with E-state index in [2.05, 4.69) is 16.0 Å². The summed E-state index contributed by atoms with van der Waals surface area (Å²) < 4.78 is 20.8. The molecule has 10 atom stereocenters. The Morgan fingerprint density at radius 3 is 1.35 bits per heavy atom. The van der Waals surface area contributed by atoms with Gasteiger partial charge in [-0.1, -0.05) is 0 Å². The van der Waals surface area contributed by atoms with Gasteiger partial charge in [-0.05, 0) is 0 Å². The molecule has 2 fully saturated rings. The molecule has 2 aliphatic heterocycles. The summed E-state index contributed by atoms with van der Waals surface area (Å²) >= 11 is 0. The summed E-state index contributed by atoms with van der Waals surface area (Å²) in [4.78, 5) is 23.7. The van der Waals surface area contributed by atoms with Crippen LogP contribution < -0.4 is 16.0 Å². The highest BCUT2D eigenvalue weighted by atomic mass is 16.7. The summed E-state index contributed by atoms with van der Waals surface area (Å²) in [6, 6.07) is 0. The van der Waals surface area contributed by atoms with Crippen molar-refractivity contribution in [1.82, 2.24) is 16.0 Å². The standard InChI is InChI=1S/C20H37N3O14/c24-7-9-13(28)15(30)17(32)19(36-9)34-3-1-22-11(26)5-21-6-12(27)23-2-4-35-20-18(33)16(31)14(29)10(8-25)37-20/h9-10,13-21,24-25,28-33H,1-8H2,(H,22,26)(H,23,27)/t9-,10?,13-,14-,15+,16+,17+,18+,19+,20+/m1/s1. The van der Waals surface area contributed by atoms with Gasteiger partial charge in [-0.15, -0.1) is 0 Å². The first kappa shape index (κ1) is 31.6. The molecular formula is C20H37N3O14. The molecule has 2 aliphatic rings. The Morgan fingerprint density at radius 2 is 1.00 bits per heavy atom. The smallest absolute Gasteiger partial charge is 0.234 e. The topological polar surface area (TPSA) is 269 Å². The number of rotatable bonds is 14. The largest absolute Gasteiger partial charge is 0.394 e. The number of hydrogen-bond acceptors (Lipinski definition) is 15. The highest BCUT2D eigenvalue weighted by Gasteiger charge is 2.45. The van der Waals surface area contributed by atoms with Gasteiger partial charge in [-0.3, -0.25) is 14.9 Å². The summed E-state index contributed by atoms with van der Waals surface area (Å²) in [5, 5.41) is 84.4. The normalized spacial score (nSPS) is 36.2. The van der Waals surface area contributed by atoms with E-state index >= 15 is 0 Å². The second-order valence-corrected chi connectivity index (χ2v) is 8.44. The number of ether oxygens (including phenoxy) is 4. The fraction of sp³-hybridized carbons (Fsp3) is 0.900. The minimum absolute atomic E-state index is 0.0109. The zero-order valence-corrected chi connectivity index (χ0v) is 20.0. The molecule has 2 amide bonds. The first-order valence-corrected chi connectivity index (χ1v) is 11.7. The third-order valence-electron chi connectivity index (χ3n) is 5.68. The summed E-state index contributed by atoms with van der Waals surface area (Å²) in [5.74, 6) is -0.924. The summed E-state index contributed by atoms with van der Waals surface area (Å²) in [6.07, 6.45) is -14.1. The van der Waals surface area contributed by atoms with Crippen LogP contribution in [-0.2, 0) is 28.5 Å². The maximum absolute atomic E-state index is 11.8. The lowest BCUT2D eigenvalue weighted by Gasteiger charge is -2.39. The van der Waals surface area contributed by atoms with Crippen molar-refractivity contribution in [2.75, 3.05) is 52.6 Å². The SMILES string of the molecule is O=C(CNCC(=O)NCCO[C@H]1OC(CO)[C@@H](O)[C@H](O)[C@@H]1O)NCCO[C@H]1O[C@H](CO)[C@@H](O)[C@H](O)[C@@H]1O. The molecule has 17 nitrogen and oxygen atoms in total. The lowest BCUT2D eigenvalue weighted by molar-refractivity contribution is -0.300. The Hall–Kier alpha value is -1.58. The molecule has 37 heavy (non-hydrogen) atoms. The van der Waals surface area contributed by atoms with E-state index in [0.717, 1.165) is 0 Å². The van der Waals surface area contributed by atoms with Crippen LogP contribution in [0.4, 0.5) is 0 Å². The Kier molecular flexibility index (Phi) is 13.5. The molecule has 216 valence electrons. The summed E-state index contributed by atoms with van der Waals surface area (Å²) in [6.45, 7) is -1.78. The molecule has 0 aromatic heterocycles. The monoisotopic (exact) mass is 543 g/mol. The zero-order chi connectivity index (χ0) is 27.5. The quantitative estimate of drug-likeness (QED) is 0.0908. The maximum atomic E-state index is 11.8. The second kappa shape index (κ2) is 15.7. The fourth-order valence-electron chi connectivity index (χ4n) is 3.56. The van der Waals surface area contributed by atoms with Gasteiger partial charge in [0.2, 0.25) is 11.8 Å². The van der Waals surface area contributed by atoms with E-state index in [9.17, 15) is 40.2 Å². The highest BCUT2D eigenvalue weighted by Crippen LogP contribution is 2.22. The molecule has 17 heteroatoms. The zero-order valence-electron chi connectivity index (χ0n) is 20.0. The molecule has 2 saturated heterocycles. The van der Waals surface area contributed by atoms with E-state index in [1.54, 1.807) is 0 Å². The molecule has 0 radical (unpaired) electrons. The van der Waals surface area contributed by atoms with Crippen molar-refractivity contribution in [2.24, 2.45) is 0 Å². The van der Waals surface area contributed by atoms with Crippen LogP contribution in [0.2, 0.25) is 0 Å². The van der Waals surface area contributed by atoms with Crippen molar-refractivity contribution >= 4 is 11.8 Å². The van der Waals surface area contributed by atoms with Gasteiger partial charge >= 0.3 is 0 Å². The average Bonchev–Trinajstić information content (AvgIpc) is 2.88. The third-order valence-corrected chi connectivity index (χ3v) is 5.68. The number of aliphatic hydroxyl groups is 8. The highest BCUT2D eigenvalue weighted by molar-refractivity contribution is 5.81. The third kappa shape index (κ3) is 9.29. The number of hydrogen-bond donors (Lipinski definition) is 11. The number of aliphatic hydroxyl groups excluding tert-OH is 8. The van der Waals surface area contributed by atoms with Gasteiger partial charge in [0, 0.05) is 13.1 Å². The van der Waals surface area contributed by atoms with E-state index < -0.39 is 86.4 Å². The Balaban J connectivity index is 1.53. The van der Waals surface area contributed by atoms with Gasteiger partial charge < -0.3 is 70.4 Å². The van der Waals surface area contributed by atoms with Crippen LogP contribution in [0, 0.1) is 0 Å². The van der Waals surface area contributed by atoms with Crippen LogP contribution in [0.15, 0.2) is 0 Å². The van der Waals surface area contributed by atoms with Gasteiger partial charge in [0.05, 0.1) is 39.5 Å². The van der Waals surface area contributed by atoms with E-state index in [1.807, 2.05) is 0 Å². The molecule has 0 bridgehead atoms. The fourth-order valence-corrected chi connectivity index (χ4v) is 3.56. The molecule has 1 unspecified atom stereocenters. The van der Waals surface area contributed by atoms with E-state index in [-0.39, 0.29) is 39.4 Å². The molecule has 0 saturated carbocycles. The van der Waals surface area contributed by atoms with Gasteiger partial charge in [0.15, 0.2) is 12.6 Å². The van der Waals surface area contributed by atoms with Crippen LogP contribution >= 0.6 is 0 Å². The number of carbonyl (C=O) groups is 2. The predicted octanol–water partition coefficient (Wildman–Crippen LogP) is -7.56. The van der Waals surface area contributed by atoms with Crippen molar-refractivity contribution in [2.45, 2.75) is 61.4 Å². The molecule has 2 rings (SSSR count). The van der Waals surface area contributed by atoms with Gasteiger partial charge in [-0.2, -0.15) is 0 Å². The van der Waals surface area contributed by atoms with E-state index in [0.29, 0.717) is 0 Å². The van der Waals surface area contributed by atoms with Gasteiger partial charge in [-0.25, -0.2) is 0 Å². The van der Waals surface area contributed by atoms with Gasteiger partial charge in [0.25, 0.3) is 0 Å². The minimum Gasteiger partial charge on any atom is -0.394 e. The average molecular weight is 544 g/mol. The van der Waals surface area contributed by atoms with Crippen molar-refractivity contribution in [3.63, 3.8) is 0 Å². The predicted molar refractivity (Wildman–Crippen MR) is 118 cm³/mol. The van der Waals surface area contributed by atoms with Crippen LogP contribution in [-0.4, -0.2) is 167 Å². The van der Waals surface area contributed by atoms with Crippen LogP contribution in [0.3, 0.4) is 0 Å². The van der Waals surface area contributed by atoms with Crippen molar-refractivity contribution < 1.29 is 69.4 Å². The number of carbonyl (C=O) groups excluding carboxylic acids is 2. The summed E-state index contributed by atoms with van der Waals surface area (Å²) in [7, 11) is 0. The minimum atomic E-state index is -1.57. The molecular weight excluding hydrogens is 506 g/mol. The van der Waals surface area contributed by atoms with Crippen LogP contribution in [0.25, 0.3) is 0 Å². The first-order chi connectivity index (χ1) is 17.6. The second-order valence-electron chi connectivity index (χ2n) is 8.44.